The third-order valence-electron chi connectivity index (χ3n) is 5.42. The molecule has 0 N–H and O–H groups in total. The lowest BCUT2D eigenvalue weighted by Crippen LogP contribution is -2.22. The highest BCUT2D eigenvalue weighted by Gasteiger charge is 2.21. The monoisotopic (exact) mass is 568 g/mol. The van der Waals surface area contributed by atoms with Crippen molar-refractivity contribution in [1.29, 1.82) is 0 Å². The van der Waals surface area contributed by atoms with Gasteiger partial charge in [0.05, 0.1) is 22.0 Å². The molecule has 0 aliphatic heterocycles. The van der Waals surface area contributed by atoms with Crippen LogP contribution in [0.5, 0.6) is 5.75 Å². The number of halogens is 2. The van der Waals surface area contributed by atoms with Crippen molar-refractivity contribution in [1.82, 2.24) is 9.66 Å². The van der Waals surface area contributed by atoms with Crippen LogP contribution in [0.3, 0.4) is 0 Å². The third-order valence-corrected chi connectivity index (χ3v) is 6.14. The predicted octanol–water partition coefficient (Wildman–Crippen LogP) is 6.44. The Balaban J connectivity index is 1.80. The molecule has 1 heterocycles. The third kappa shape index (κ3) is 5.63. The smallest absolute Gasteiger partial charge is 0.313 e. The van der Waals surface area contributed by atoms with Gasteiger partial charge in [0.1, 0.15) is 12.4 Å². The molecule has 0 spiro atoms. The lowest BCUT2D eigenvalue weighted by molar-refractivity contribution is -0.385. The molecule has 0 atom stereocenters. The number of fused-ring (bicyclic) bond motifs is 1. The molecule has 1 aromatic heterocycles. The number of benzene rings is 3. The van der Waals surface area contributed by atoms with Crippen LogP contribution in [0.4, 0.5) is 5.69 Å². The molecule has 10 heteroatoms. The first kappa shape index (κ1) is 25.5. The lowest BCUT2D eigenvalue weighted by Gasteiger charge is -2.12. The Morgan fingerprint density at radius 2 is 1.94 bits per heavy atom. The van der Waals surface area contributed by atoms with Gasteiger partial charge in [-0.3, -0.25) is 14.9 Å². The molecular weight excluding hydrogens is 548 g/mol. The Kier molecular flexibility index (Phi) is 7.81. The molecule has 36 heavy (non-hydrogen) atoms. The molecule has 0 saturated heterocycles. The number of hydrogen-bond donors (Lipinski definition) is 0. The van der Waals surface area contributed by atoms with Gasteiger partial charge in [0.2, 0.25) is 5.75 Å². The maximum atomic E-state index is 13.3. The molecule has 0 radical (unpaired) electrons. The van der Waals surface area contributed by atoms with Gasteiger partial charge < -0.3 is 4.74 Å². The fraction of sp³-hybridized carbons (Fsp3) is 0.192. The van der Waals surface area contributed by atoms with E-state index in [2.05, 4.69) is 26.0 Å². The number of hydrogen-bond acceptors (Lipinski definition) is 6. The van der Waals surface area contributed by atoms with Crippen LogP contribution in [0, 0.1) is 17.0 Å². The van der Waals surface area contributed by atoms with Crippen LogP contribution < -0.4 is 10.3 Å². The summed E-state index contributed by atoms with van der Waals surface area (Å²) in [5, 5.41) is 16.7. The molecule has 3 aromatic carbocycles. The maximum absolute atomic E-state index is 13.3. The molecule has 0 fully saturated rings. The van der Waals surface area contributed by atoms with Gasteiger partial charge in [-0.25, -0.2) is 4.98 Å². The van der Waals surface area contributed by atoms with Crippen LogP contribution in [-0.4, -0.2) is 20.8 Å². The van der Waals surface area contributed by atoms with Crippen molar-refractivity contribution in [2.45, 2.75) is 33.3 Å². The fourth-order valence-corrected chi connectivity index (χ4v) is 4.23. The Labute approximate surface area is 220 Å². The molecule has 0 unspecified atom stereocenters. The van der Waals surface area contributed by atoms with E-state index >= 15 is 0 Å². The Morgan fingerprint density at radius 1 is 1.19 bits per heavy atom. The van der Waals surface area contributed by atoms with Gasteiger partial charge in [-0.1, -0.05) is 64.3 Å². The SMILES string of the molecule is CCCc1nc2ccc(Br)cc2c(=O)n1N=Cc1cc(Cl)cc([N+](=O)[O-])c1OCc1ccc(C)cc1. The summed E-state index contributed by atoms with van der Waals surface area (Å²) >= 11 is 9.57. The minimum atomic E-state index is -0.558. The molecule has 0 aliphatic rings. The molecule has 4 rings (SSSR count). The zero-order chi connectivity index (χ0) is 25.8. The van der Waals surface area contributed by atoms with Crippen LogP contribution in [-0.2, 0) is 13.0 Å². The number of nitro groups is 1. The van der Waals surface area contributed by atoms with Gasteiger partial charge in [0.25, 0.3) is 5.56 Å². The predicted molar refractivity (Wildman–Crippen MR) is 144 cm³/mol. The van der Waals surface area contributed by atoms with Gasteiger partial charge >= 0.3 is 5.69 Å². The zero-order valence-electron chi connectivity index (χ0n) is 19.6. The second-order valence-electron chi connectivity index (χ2n) is 8.18. The van der Waals surface area contributed by atoms with E-state index in [0.717, 1.165) is 22.0 Å². The molecule has 184 valence electrons. The maximum Gasteiger partial charge on any atom is 0.313 e. The summed E-state index contributed by atoms with van der Waals surface area (Å²) in [4.78, 5) is 29.1. The van der Waals surface area contributed by atoms with Crippen LogP contribution in [0.1, 0.15) is 35.9 Å². The lowest BCUT2D eigenvalue weighted by atomic mass is 10.1. The summed E-state index contributed by atoms with van der Waals surface area (Å²) in [6.45, 7) is 4.05. The largest absolute Gasteiger partial charge is 0.481 e. The normalized spacial score (nSPS) is 11.3. The molecule has 4 aromatic rings. The van der Waals surface area contributed by atoms with E-state index < -0.39 is 4.92 Å². The number of ether oxygens (including phenoxy) is 1. The number of nitro benzene ring substituents is 1. The Hall–Kier alpha value is -3.56. The molecule has 8 nitrogen and oxygen atoms in total. The number of nitrogens with zero attached hydrogens (tertiary/aromatic N) is 4. The van der Waals surface area contributed by atoms with Gasteiger partial charge in [-0.15, -0.1) is 0 Å². The van der Waals surface area contributed by atoms with E-state index in [0.29, 0.717) is 23.1 Å². The molecule has 0 saturated carbocycles. The molecular formula is C26H22BrClN4O4. The van der Waals surface area contributed by atoms with Crippen molar-refractivity contribution in [2.24, 2.45) is 5.10 Å². The van der Waals surface area contributed by atoms with E-state index in [1.165, 1.54) is 23.0 Å². The van der Waals surface area contributed by atoms with Crippen LogP contribution >= 0.6 is 27.5 Å². The van der Waals surface area contributed by atoms with Gasteiger partial charge in [-0.2, -0.15) is 9.78 Å². The van der Waals surface area contributed by atoms with E-state index in [4.69, 9.17) is 16.3 Å². The highest BCUT2D eigenvalue weighted by molar-refractivity contribution is 9.10. The summed E-state index contributed by atoms with van der Waals surface area (Å²) in [5.74, 6) is 0.488. The second-order valence-corrected chi connectivity index (χ2v) is 9.53. The van der Waals surface area contributed by atoms with Crippen molar-refractivity contribution < 1.29 is 9.66 Å². The summed E-state index contributed by atoms with van der Waals surface area (Å²) in [6.07, 6.45) is 2.61. The minimum Gasteiger partial charge on any atom is -0.481 e. The number of rotatable bonds is 8. The quantitative estimate of drug-likeness (QED) is 0.138. The van der Waals surface area contributed by atoms with Crippen molar-refractivity contribution in [3.8, 4) is 5.75 Å². The second kappa shape index (κ2) is 11.0. The van der Waals surface area contributed by atoms with Crippen molar-refractivity contribution in [3.63, 3.8) is 0 Å². The first-order valence-electron chi connectivity index (χ1n) is 11.2. The van der Waals surface area contributed by atoms with E-state index in [-0.39, 0.29) is 34.2 Å². The van der Waals surface area contributed by atoms with E-state index in [9.17, 15) is 14.9 Å². The minimum absolute atomic E-state index is 0.00954. The molecule has 0 aliphatic carbocycles. The highest BCUT2D eigenvalue weighted by atomic mass is 79.9. The van der Waals surface area contributed by atoms with Crippen LogP contribution in [0.15, 0.2) is 69.0 Å². The zero-order valence-corrected chi connectivity index (χ0v) is 21.9. The van der Waals surface area contributed by atoms with Crippen molar-refractivity contribution in [3.05, 3.63) is 107 Å². The van der Waals surface area contributed by atoms with Gasteiger partial charge in [-0.05, 0) is 43.2 Å². The van der Waals surface area contributed by atoms with Crippen molar-refractivity contribution >= 4 is 50.3 Å². The Morgan fingerprint density at radius 3 is 2.64 bits per heavy atom. The standard InChI is InChI=1S/C26H22BrClN4O4/c1-3-4-24-30-22-10-9-19(27)12-21(22)26(33)31(24)29-14-18-11-20(28)13-23(32(34)35)25(18)36-15-17-7-5-16(2)6-8-17/h5-14H,3-4,15H2,1-2H3. The number of aromatic nitrogens is 2. The Bertz CT molecular complexity index is 1530. The van der Waals surface area contributed by atoms with Gasteiger partial charge in [0, 0.05) is 27.5 Å². The van der Waals surface area contributed by atoms with E-state index in [1.807, 2.05) is 44.2 Å². The summed E-state index contributed by atoms with van der Waals surface area (Å²) in [7, 11) is 0. The highest BCUT2D eigenvalue weighted by Crippen LogP contribution is 2.34. The van der Waals surface area contributed by atoms with Crippen LogP contribution in [0.25, 0.3) is 10.9 Å². The average Bonchev–Trinajstić information content (AvgIpc) is 2.84. The summed E-state index contributed by atoms with van der Waals surface area (Å²) in [6, 6.07) is 15.7. The topological polar surface area (TPSA) is 99.6 Å². The number of aryl methyl sites for hydroxylation is 2. The van der Waals surface area contributed by atoms with Crippen LogP contribution in [0.2, 0.25) is 5.02 Å². The van der Waals surface area contributed by atoms with Gasteiger partial charge in [0.15, 0.2) is 0 Å². The molecule has 0 amide bonds. The summed E-state index contributed by atoms with van der Waals surface area (Å²) in [5.41, 5.74) is 2.13. The summed E-state index contributed by atoms with van der Waals surface area (Å²) < 4.78 is 7.85. The first-order valence-corrected chi connectivity index (χ1v) is 12.4. The fourth-order valence-electron chi connectivity index (χ4n) is 3.65. The van der Waals surface area contributed by atoms with E-state index in [1.54, 1.807) is 12.1 Å². The molecule has 0 bridgehead atoms. The van der Waals surface area contributed by atoms with Crippen molar-refractivity contribution in [2.75, 3.05) is 0 Å². The average molecular weight is 570 g/mol. The first-order chi connectivity index (χ1) is 17.3.